The summed E-state index contributed by atoms with van der Waals surface area (Å²) in [5.74, 6) is 0.356. The van der Waals surface area contributed by atoms with Gasteiger partial charge in [-0.3, -0.25) is 4.79 Å². The van der Waals surface area contributed by atoms with Gasteiger partial charge in [-0.15, -0.1) is 11.8 Å². The third-order valence-corrected chi connectivity index (χ3v) is 5.72. The highest BCUT2D eigenvalue weighted by Gasteiger charge is 2.23. The highest BCUT2D eigenvalue weighted by atomic mass is 32.2. The highest BCUT2D eigenvalue weighted by molar-refractivity contribution is 8.47. The fourth-order valence-electron chi connectivity index (χ4n) is 1.50. The molecule has 0 aliphatic carbocycles. The first-order valence-electron chi connectivity index (χ1n) is 7.66. The summed E-state index contributed by atoms with van der Waals surface area (Å²) >= 11 is 8.37. The molecule has 0 saturated carbocycles. The van der Waals surface area contributed by atoms with Gasteiger partial charge in [0.25, 0.3) is 0 Å². The molecule has 0 heterocycles. The average Bonchev–Trinajstić information content (AvgIpc) is 2.66. The second-order valence-electron chi connectivity index (χ2n) is 4.61. The first-order chi connectivity index (χ1) is 12.0. The fourth-order valence-corrected chi connectivity index (χ4v) is 4.13. The van der Waals surface area contributed by atoms with Crippen LogP contribution in [0.3, 0.4) is 0 Å². The Morgan fingerprint density at radius 3 is 2.27 bits per heavy atom. The molecule has 0 bridgehead atoms. The van der Waals surface area contributed by atoms with Crippen molar-refractivity contribution < 1.29 is 19.1 Å². The number of rotatable bonds is 7. The van der Waals surface area contributed by atoms with Crippen LogP contribution >= 0.6 is 35.7 Å². The molecule has 0 N–H and O–H groups in total. The van der Waals surface area contributed by atoms with Gasteiger partial charge in [-0.05, 0) is 28.7 Å². The minimum Gasteiger partial charge on any atom is -0.468 e. The third-order valence-electron chi connectivity index (χ3n) is 2.82. The second-order valence-corrected chi connectivity index (χ2v) is 8.02. The van der Waals surface area contributed by atoms with Crippen LogP contribution in [-0.2, 0) is 19.1 Å². The molecule has 1 aromatic carbocycles. The van der Waals surface area contributed by atoms with E-state index in [-0.39, 0.29) is 22.2 Å². The maximum absolute atomic E-state index is 11.9. The van der Waals surface area contributed by atoms with Gasteiger partial charge < -0.3 is 9.47 Å². The Morgan fingerprint density at radius 2 is 1.85 bits per heavy atom. The van der Waals surface area contributed by atoms with Crippen molar-refractivity contribution in [3.05, 3.63) is 48.6 Å². The number of unbranched alkanes of at least 4 members (excludes halogenated alkanes) is 1. The minimum atomic E-state index is -0.394. The number of esters is 2. The van der Waals surface area contributed by atoms with Gasteiger partial charge in [-0.25, -0.2) is 4.79 Å². The Balaban J connectivity index is 0. The van der Waals surface area contributed by atoms with Crippen molar-refractivity contribution in [1.29, 1.82) is 0 Å². The molecule has 8 heteroatoms. The molecular formula is C18H28O4S3Si. The zero-order chi connectivity index (χ0) is 19.1. The monoisotopic (exact) mass is 432 g/mol. The summed E-state index contributed by atoms with van der Waals surface area (Å²) in [6.45, 7) is 5.31. The van der Waals surface area contributed by atoms with Gasteiger partial charge in [-0.1, -0.05) is 74.2 Å². The Labute approximate surface area is 174 Å². The van der Waals surface area contributed by atoms with Crippen molar-refractivity contribution in [2.24, 2.45) is 0 Å². The number of carbonyl (C=O) groups is 2. The Morgan fingerprint density at radius 1 is 1.23 bits per heavy atom. The minimum absolute atomic E-state index is 0. The van der Waals surface area contributed by atoms with Crippen molar-refractivity contribution in [2.75, 3.05) is 20.0 Å². The third kappa shape index (κ3) is 12.3. The molecule has 0 saturated heterocycles. The largest absolute Gasteiger partial charge is 0.468 e. The molecule has 0 aromatic heterocycles. The van der Waals surface area contributed by atoms with Crippen LogP contribution < -0.4 is 0 Å². The van der Waals surface area contributed by atoms with Gasteiger partial charge in [0.2, 0.25) is 0 Å². The lowest BCUT2D eigenvalue weighted by molar-refractivity contribution is -0.140. The van der Waals surface area contributed by atoms with Crippen LogP contribution in [0.15, 0.2) is 43.0 Å². The van der Waals surface area contributed by atoms with E-state index in [1.165, 1.54) is 26.0 Å². The van der Waals surface area contributed by atoms with E-state index in [9.17, 15) is 9.59 Å². The van der Waals surface area contributed by atoms with Crippen LogP contribution in [0.4, 0.5) is 0 Å². The van der Waals surface area contributed by atoms with E-state index in [2.05, 4.69) is 18.2 Å². The van der Waals surface area contributed by atoms with E-state index in [0.717, 1.165) is 33.8 Å². The van der Waals surface area contributed by atoms with Crippen molar-refractivity contribution in [2.45, 2.75) is 25.0 Å². The first-order valence-corrected chi connectivity index (χ1v) is 9.94. The molecule has 0 fully saturated rings. The summed E-state index contributed by atoms with van der Waals surface area (Å²) < 4.78 is 9.81. The molecule has 1 unspecified atom stereocenters. The van der Waals surface area contributed by atoms with E-state index in [1.54, 1.807) is 11.8 Å². The van der Waals surface area contributed by atoms with Crippen LogP contribution in [0.25, 0.3) is 0 Å². The van der Waals surface area contributed by atoms with Crippen molar-refractivity contribution in [3.8, 4) is 0 Å². The Kier molecular flexibility index (Phi) is 18.1. The van der Waals surface area contributed by atoms with Gasteiger partial charge in [-0.2, -0.15) is 0 Å². The molecule has 0 aliphatic heterocycles. The van der Waals surface area contributed by atoms with Crippen LogP contribution in [0.5, 0.6) is 0 Å². The number of hydrogen-bond acceptors (Lipinski definition) is 7. The maximum Gasteiger partial charge on any atom is 0.329 e. The number of thiocarbonyl (C=S) groups is 1. The molecule has 1 atom stereocenters. The number of benzene rings is 1. The number of hydrogen-bond donors (Lipinski definition) is 0. The number of carbonyl (C=O) groups excluding carboxylic acids is 2. The van der Waals surface area contributed by atoms with Crippen LogP contribution in [0.1, 0.15) is 30.6 Å². The molecule has 146 valence electrons. The molecule has 0 radical (unpaired) electrons. The molecule has 0 spiro atoms. The van der Waals surface area contributed by atoms with Crippen LogP contribution in [0.2, 0.25) is 0 Å². The SMILES string of the molecule is C=CC(=O)OC.CCCCSC(=S)SC(C(=O)OC)c1ccccc1.[SiH4]. The Bertz CT molecular complexity index is 553. The second kappa shape index (κ2) is 17.3. The standard InChI is InChI=1S/C14H18O2S3.C4H6O2.H4Si/c1-3-4-10-18-14(17)19-12(13(15)16-2)11-8-6-5-7-9-11;1-3-4(5)6-2;/h5-9,12H,3-4,10H2,1-2H3;3H,1H2,2H3;1H4. The molecular weight excluding hydrogens is 404 g/mol. The van der Waals surface area contributed by atoms with E-state index in [0.29, 0.717) is 0 Å². The molecule has 26 heavy (non-hydrogen) atoms. The van der Waals surface area contributed by atoms with E-state index in [1.807, 2.05) is 30.3 Å². The predicted molar refractivity (Wildman–Crippen MR) is 122 cm³/mol. The summed E-state index contributed by atoms with van der Waals surface area (Å²) in [6.07, 6.45) is 3.40. The van der Waals surface area contributed by atoms with Gasteiger partial charge in [0.1, 0.15) is 8.78 Å². The fraction of sp³-hybridized carbons (Fsp3) is 0.389. The summed E-state index contributed by atoms with van der Waals surface area (Å²) in [7, 11) is 2.72. The summed E-state index contributed by atoms with van der Waals surface area (Å²) in [5.41, 5.74) is 0.929. The lowest BCUT2D eigenvalue weighted by atomic mass is 10.1. The molecule has 4 nitrogen and oxygen atoms in total. The maximum atomic E-state index is 11.9. The summed E-state index contributed by atoms with van der Waals surface area (Å²) in [4.78, 5) is 21.7. The normalized spacial score (nSPS) is 10.3. The molecule has 0 amide bonds. The number of ether oxygens (including phenoxy) is 2. The smallest absolute Gasteiger partial charge is 0.329 e. The zero-order valence-corrected chi connectivity index (χ0v) is 17.2. The Hall–Kier alpha value is -1.09. The average molecular weight is 433 g/mol. The predicted octanol–water partition coefficient (Wildman–Crippen LogP) is 3.35. The summed E-state index contributed by atoms with van der Waals surface area (Å²) in [5, 5.41) is -0.368. The first kappa shape index (κ1) is 27.1. The summed E-state index contributed by atoms with van der Waals surface area (Å²) in [6, 6.07) is 9.61. The highest BCUT2D eigenvalue weighted by Crippen LogP contribution is 2.34. The van der Waals surface area contributed by atoms with E-state index < -0.39 is 5.97 Å². The van der Waals surface area contributed by atoms with Gasteiger partial charge in [0, 0.05) is 6.08 Å². The number of methoxy groups -OCH3 is 2. The van der Waals surface area contributed by atoms with Gasteiger partial charge in [0.15, 0.2) is 0 Å². The quantitative estimate of drug-likeness (QED) is 0.215. The van der Waals surface area contributed by atoms with E-state index in [4.69, 9.17) is 17.0 Å². The van der Waals surface area contributed by atoms with Crippen molar-refractivity contribution in [1.82, 2.24) is 0 Å². The van der Waals surface area contributed by atoms with Gasteiger partial charge in [0.05, 0.1) is 14.2 Å². The zero-order valence-electron chi connectivity index (χ0n) is 14.7. The van der Waals surface area contributed by atoms with Crippen molar-refractivity contribution in [3.63, 3.8) is 0 Å². The van der Waals surface area contributed by atoms with Gasteiger partial charge >= 0.3 is 11.9 Å². The van der Waals surface area contributed by atoms with E-state index >= 15 is 0 Å². The molecule has 1 rings (SSSR count). The van der Waals surface area contributed by atoms with Crippen LogP contribution in [-0.4, -0.2) is 46.4 Å². The number of thioether (sulfide) groups is 2. The lowest BCUT2D eigenvalue weighted by Crippen LogP contribution is -2.12. The van der Waals surface area contributed by atoms with Crippen molar-refractivity contribution >= 4 is 62.2 Å². The topological polar surface area (TPSA) is 52.6 Å². The molecule has 1 aromatic rings. The van der Waals surface area contributed by atoms with Crippen LogP contribution in [0, 0.1) is 0 Å². The molecule has 0 aliphatic rings. The lowest BCUT2D eigenvalue weighted by Gasteiger charge is -2.14.